The van der Waals surface area contributed by atoms with Crippen molar-refractivity contribution in [3.05, 3.63) is 34.2 Å². The molecular weight excluding hydrogens is 316 g/mol. The Hall–Kier alpha value is -2.08. The largest absolute Gasteiger partial charge is 0.352 e. The van der Waals surface area contributed by atoms with E-state index in [1.54, 1.807) is 23.2 Å². The summed E-state index contributed by atoms with van der Waals surface area (Å²) in [5, 5.41) is 3.07. The third-order valence-corrected chi connectivity index (χ3v) is 5.43. The molecule has 1 aliphatic heterocycles. The number of imidazole rings is 1. The molecule has 1 N–H and O–H groups in total. The van der Waals surface area contributed by atoms with Crippen LogP contribution in [0.2, 0.25) is 0 Å². The predicted molar refractivity (Wildman–Crippen MR) is 99.4 cm³/mol. The van der Waals surface area contributed by atoms with Crippen molar-refractivity contribution < 1.29 is 4.79 Å². The van der Waals surface area contributed by atoms with Crippen molar-refractivity contribution in [2.45, 2.75) is 39.3 Å². The lowest BCUT2D eigenvalue weighted by Crippen LogP contribution is -2.42. The molecule has 3 rings (SSSR count). The first kappa shape index (κ1) is 17.7. The number of hydrogen-bond donors (Lipinski definition) is 1. The number of rotatable bonds is 4. The van der Waals surface area contributed by atoms with Gasteiger partial charge in [0, 0.05) is 32.6 Å². The lowest BCUT2D eigenvalue weighted by molar-refractivity contribution is -0.126. The van der Waals surface area contributed by atoms with Gasteiger partial charge in [0.25, 0.3) is 0 Å². The van der Waals surface area contributed by atoms with Crippen molar-refractivity contribution in [2.24, 2.45) is 20.0 Å². The van der Waals surface area contributed by atoms with Crippen LogP contribution in [0.5, 0.6) is 0 Å². The van der Waals surface area contributed by atoms with E-state index in [9.17, 15) is 9.59 Å². The van der Waals surface area contributed by atoms with Crippen molar-refractivity contribution in [1.29, 1.82) is 0 Å². The lowest BCUT2D eigenvalue weighted by Gasteiger charge is -2.33. The summed E-state index contributed by atoms with van der Waals surface area (Å²) in [7, 11) is 3.55. The van der Waals surface area contributed by atoms with Crippen LogP contribution in [0.3, 0.4) is 0 Å². The van der Waals surface area contributed by atoms with Crippen molar-refractivity contribution >= 4 is 16.9 Å². The summed E-state index contributed by atoms with van der Waals surface area (Å²) in [4.78, 5) is 26.9. The van der Waals surface area contributed by atoms with Crippen LogP contribution in [0.15, 0.2) is 23.0 Å². The number of carbonyl (C=O) groups is 1. The summed E-state index contributed by atoms with van der Waals surface area (Å²) in [6, 6.07) is 6.45. The Morgan fingerprint density at radius 1 is 1.16 bits per heavy atom. The van der Waals surface area contributed by atoms with Crippen LogP contribution < -0.4 is 11.0 Å². The molecule has 0 unspecified atom stereocenters. The third-order valence-electron chi connectivity index (χ3n) is 5.43. The first-order chi connectivity index (χ1) is 11.9. The van der Waals surface area contributed by atoms with E-state index in [2.05, 4.69) is 24.1 Å². The van der Waals surface area contributed by atoms with Crippen LogP contribution in [-0.4, -0.2) is 39.1 Å². The van der Waals surface area contributed by atoms with Gasteiger partial charge in [-0.2, -0.15) is 0 Å². The van der Waals surface area contributed by atoms with Gasteiger partial charge in [-0.05, 0) is 57.5 Å². The minimum absolute atomic E-state index is 0.0342. The summed E-state index contributed by atoms with van der Waals surface area (Å²) >= 11 is 0. The number of amides is 1. The summed E-state index contributed by atoms with van der Waals surface area (Å²) in [6.07, 6.45) is 1.85. The van der Waals surface area contributed by atoms with E-state index in [0.717, 1.165) is 42.5 Å². The molecule has 2 aromatic rings. The number of benzene rings is 1. The normalized spacial score (nSPS) is 16.7. The molecule has 0 atom stereocenters. The number of aryl methyl sites for hydroxylation is 2. The Morgan fingerprint density at radius 3 is 2.44 bits per heavy atom. The molecule has 1 fully saturated rings. The van der Waals surface area contributed by atoms with Crippen LogP contribution in [0.1, 0.15) is 32.3 Å². The highest BCUT2D eigenvalue weighted by Crippen LogP contribution is 2.19. The summed E-state index contributed by atoms with van der Waals surface area (Å²) < 4.78 is 3.28. The van der Waals surface area contributed by atoms with E-state index >= 15 is 0 Å². The van der Waals surface area contributed by atoms with Gasteiger partial charge < -0.3 is 10.2 Å². The Morgan fingerprint density at radius 2 is 1.80 bits per heavy atom. The van der Waals surface area contributed by atoms with E-state index in [0.29, 0.717) is 12.6 Å². The van der Waals surface area contributed by atoms with Gasteiger partial charge in [-0.25, -0.2) is 4.79 Å². The number of likely N-dealkylation sites (tertiary alicyclic amines) is 1. The number of aromatic nitrogens is 2. The summed E-state index contributed by atoms with van der Waals surface area (Å²) in [6.45, 7) is 6.89. The van der Waals surface area contributed by atoms with Crippen LogP contribution in [0, 0.1) is 5.92 Å². The predicted octanol–water partition coefficient (Wildman–Crippen LogP) is 1.61. The Kier molecular flexibility index (Phi) is 4.99. The maximum Gasteiger partial charge on any atom is 0.328 e. The summed E-state index contributed by atoms with van der Waals surface area (Å²) in [5.74, 6) is 0.255. The lowest BCUT2D eigenvalue weighted by atomic mass is 9.95. The van der Waals surface area contributed by atoms with Gasteiger partial charge >= 0.3 is 5.69 Å². The first-order valence-electron chi connectivity index (χ1n) is 9.04. The van der Waals surface area contributed by atoms with E-state index in [1.165, 1.54) is 0 Å². The fourth-order valence-corrected chi connectivity index (χ4v) is 3.67. The van der Waals surface area contributed by atoms with Crippen LogP contribution in [-0.2, 0) is 25.4 Å². The minimum Gasteiger partial charge on any atom is -0.352 e. The smallest absolute Gasteiger partial charge is 0.328 e. The first-order valence-corrected chi connectivity index (χ1v) is 9.04. The number of piperidine rings is 1. The molecule has 6 nitrogen and oxygen atoms in total. The molecule has 0 radical (unpaired) electrons. The topological polar surface area (TPSA) is 59.3 Å². The van der Waals surface area contributed by atoms with E-state index < -0.39 is 0 Å². The third kappa shape index (κ3) is 3.49. The molecule has 1 amide bonds. The molecule has 1 aliphatic rings. The van der Waals surface area contributed by atoms with E-state index in [-0.39, 0.29) is 17.5 Å². The molecular formula is C19H28N4O2. The fraction of sp³-hybridized carbons (Fsp3) is 0.579. The maximum atomic E-state index is 12.4. The molecule has 0 aliphatic carbocycles. The van der Waals surface area contributed by atoms with Crippen molar-refractivity contribution in [1.82, 2.24) is 19.4 Å². The Balaban J connectivity index is 1.62. The molecule has 0 bridgehead atoms. The van der Waals surface area contributed by atoms with Crippen molar-refractivity contribution in [3.63, 3.8) is 0 Å². The van der Waals surface area contributed by atoms with Gasteiger partial charge in [0.2, 0.25) is 5.91 Å². The second-order valence-electron chi connectivity index (χ2n) is 7.35. The summed E-state index contributed by atoms with van der Waals surface area (Å²) in [5.41, 5.74) is 2.78. The van der Waals surface area contributed by atoms with Crippen molar-refractivity contribution in [3.8, 4) is 0 Å². The molecule has 1 saturated heterocycles. The van der Waals surface area contributed by atoms with Crippen LogP contribution >= 0.6 is 0 Å². The zero-order chi connectivity index (χ0) is 18.1. The monoisotopic (exact) mass is 344 g/mol. The molecule has 25 heavy (non-hydrogen) atoms. The molecule has 0 spiro atoms. The standard InChI is InChI=1S/C19H28N4O2/c1-13(2)23-9-7-15(8-10-23)18(24)20-12-14-5-6-16-17(11-14)22(4)19(25)21(16)3/h5-6,11,13,15H,7-10,12H2,1-4H3,(H,20,24). The average Bonchev–Trinajstić information content (AvgIpc) is 2.84. The molecule has 2 heterocycles. The van der Waals surface area contributed by atoms with Gasteiger partial charge in [-0.15, -0.1) is 0 Å². The minimum atomic E-state index is -0.0342. The van der Waals surface area contributed by atoms with Crippen molar-refractivity contribution in [2.75, 3.05) is 13.1 Å². The van der Waals surface area contributed by atoms with Crippen LogP contribution in [0.4, 0.5) is 0 Å². The van der Waals surface area contributed by atoms with E-state index in [4.69, 9.17) is 0 Å². The molecule has 0 saturated carbocycles. The molecule has 6 heteroatoms. The number of nitrogens with one attached hydrogen (secondary N) is 1. The maximum absolute atomic E-state index is 12.4. The van der Waals surface area contributed by atoms with Gasteiger partial charge in [-0.3, -0.25) is 13.9 Å². The fourth-order valence-electron chi connectivity index (χ4n) is 3.67. The highest BCUT2D eigenvalue weighted by atomic mass is 16.2. The number of carbonyl (C=O) groups excluding carboxylic acids is 1. The quantitative estimate of drug-likeness (QED) is 0.917. The Bertz CT molecular complexity index is 826. The SMILES string of the molecule is CC(C)N1CCC(C(=O)NCc2ccc3c(c2)n(C)c(=O)n3C)CC1. The zero-order valence-electron chi connectivity index (χ0n) is 15.6. The number of hydrogen-bond acceptors (Lipinski definition) is 3. The van der Waals surface area contributed by atoms with Gasteiger partial charge in [0.15, 0.2) is 0 Å². The second-order valence-corrected chi connectivity index (χ2v) is 7.35. The number of fused-ring (bicyclic) bond motifs is 1. The van der Waals surface area contributed by atoms with Gasteiger partial charge in [0.1, 0.15) is 0 Å². The van der Waals surface area contributed by atoms with E-state index in [1.807, 2.05) is 18.2 Å². The zero-order valence-corrected chi connectivity index (χ0v) is 15.6. The Labute approximate surface area is 148 Å². The van der Waals surface area contributed by atoms with Crippen LogP contribution in [0.25, 0.3) is 11.0 Å². The molecule has 1 aromatic heterocycles. The molecule has 136 valence electrons. The van der Waals surface area contributed by atoms with Gasteiger partial charge in [0.05, 0.1) is 11.0 Å². The second kappa shape index (κ2) is 7.04. The number of nitrogens with zero attached hydrogens (tertiary/aromatic N) is 3. The highest BCUT2D eigenvalue weighted by molar-refractivity contribution is 5.79. The average molecular weight is 344 g/mol. The highest BCUT2D eigenvalue weighted by Gasteiger charge is 2.25. The molecule has 1 aromatic carbocycles. The van der Waals surface area contributed by atoms with Gasteiger partial charge in [-0.1, -0.05) is 6.07 Å².